The van der Waals surface area contributed by atoms with E-state index in [-0.39, 0.29) is 5.92 Å². The first-order chi connectivity index (χ1) is 12.8. The van der Waals surface area contributed by atoms with Gasteiger partial charge in [0.25, 0.3) is 5.19 Å². The Kier molecular flexibility index (Phi) is 5.90. The largest absolute Gasteiger partial charge is 0.467 e. The van der Waals surface area contributed by atoms with Crippen LogP contribution in [0.1, 0.15) is 44.9 Å². The lowest BCUT2D eigenvalue weighted by molar-refractivity contribution is -0.137. The molecule has 0 radical (unpaired) electrons. The molecule has 0 bridgehead atoms. The Morgan fingerprint density at radius 3 is 2.54 bits per heavy atom. The van der Waals surface area contributed by atoms with Gasteiger partial charge in [-0.3, -0.25) is 9.69 Å². The minimum Gasteiger partial charge on any atom is -0.467 e. The number of hydrogen-bond donors (Lipinski definition) is 0. The maximum Gasteiger partial charge on any atom is 0.273 e. The summed E-state index contributed by atoms with van der Waals surface area (Å²) in [5.41, 5.74) is 0. The fourth-order valence-electron chi connectivity index (χ4n) is 4.50. The van der Waals surface area contributed by atoms with Gasteiger partial charge in [0.2, 0.25) is 5.91 Å². The molecule has 1 atom stereocenters. The fraction of sp³-hybridized carbons (Fsp3) is 0.700. The van der Waals surface area contributed by atoms with Crippen LogP contribution >= 0.6 is 11.3 Å². The lowest BCUT2D eigenvalue weighted by Gasteiger charge is -2.42. The zero-order valence-corrected chi connectivity index (χ0v) is 16.2. The maximum atomic E-state index is 12.7. The fourth-order valence-corrected chi connectivity index (χ4v) is 5.05. The van der Waals surface area contributed by atoms with Gasteiger partial charge in [-0.2, -0.15) is 0 Å². The lowest BCUT2D eigenvalue weighted by atomic mass is 9.91. The van der Waals surface area contributed by atoms with Crippen molar-refractivity contribution in [2.75, 3.05) is 26.2 Å². The molecule has 6 heteroatoms. The molecule has 1 amide bonds. The van der Waals surface area contributed by atoms with E-state index >= 15 is 0 Å². The molecule has 0 N–H and O–H groups in total. The molecule has 0 saturated carbocycles. The summed E-state index contributed by atoms with van der Waals surface area (Å²) in [5.74, 6) is 0.624. The number of thiazole rings is 1. The number of likely N-dealkylation sites (tertiary alicyclic amines) is 2. The summed E-state index contributed by atoms with van der Waals surface area (Å²) in [5, 5.41) is 2.76. The maximum absolute atomic E-state index is 12.7. The van der Waals surface area contributed by atoms with E-state index in [1.165, 1.54) is 0 Å². The molecule has 1 aliphatic carbocycles. The monoisotopic (exact) mass is 375 g/mol. The summed E-state index contributed by atoms with van der Waals surface area (Å²) in [6.07, 6.45) is 13.9. The first kappa shape index (κ1) is 18.0. The van der Waals surface area contributed by atoms with Crippen molar-refractivity contribution in [2.45, 2.75) is 57.1 Å². The normalized spacial score (nSPS) is 26.2. The number of carbonyl (C=O) groups is 1. The van der Waals surface area contributed by atoms with Gasteiger partial charge in [-0.25, -0.2) is 4.98 Å². The average Bonchev–Trinajstić information content (AvgIpc) is 3.22. The summed E-state index contributed by atoms with van der Waals surface area (Å²) in [6, 6.07) is 0.631. The second kappa shape index (κ2) is 8.53. The van der Waals surface area contributed by atoms with Crippen LogP contribution in [0.15, 0.2) is 23.7 Å². The molecule has 26 heavy (non-hydrogen) atoms. The first-order valence-electron chi connectivity index (χ1n) is 10.0. The van der Waals surface area contributed by atoms with E-state index < -0.39 is 0 Å². The Morgan fingerprint density at radius 2 is 1.88 bits per heavy atom. The van der Waals surface area contributed by atoms with Crippen LogP contribution in [-0.2, 0) is 4.79 Å². The highest BCUT2D eigenvalue weighted by Gasteiger charge is 2.32. The van der Waals surface area contributed by atoms with Gasteiger partial charge in [0.1, 0.15) is 6.10 Å². The minimum absolute atomic E-state index is 0.232. The average molecular weight is 376 g/mol. The number of hydrogen-bond acceptors (Lipinski definition) is 5. The molecule has 1 unspecified atom stereocenters. The topological polar surface area (TPSA) is 45.7 Å². The van der Waals surface area contributed by atoms with Crippen molar-refractivity contribution in [1.29, 1.82) is 0 Å². The quantitative estimate of drug-likeness (QED) is 0.757. The van der Waals surface area contributed by atoms with Gasteiger partial charge in [0, 0.05) is 49.7 Å². The molecule has 2 aliphatic heterocycles. The van der Waals surface area contributed by atoms with Crippen molar-refractivity contribution in [3.8, 4) is 5.19 Å². The minimum atomic E-state index is 0.232. The Bertz CT molecular complexity index is 603. The number of piperidine rings is 2. The third-order valence-electron chi connectivity index (χ3n) is 6.06. The highest BCUT2D eigenvalue weighted by molar-refractivity contribution is 7.11. The van der Waals surface area contributed by atoms with Crippen molar-refractivity contribution in [3.05, 3.63) is 23.7 Å². The van der Waals surface area contributed by atoms with Gasteiger partial charge >= 0.3 is 0 Å². The van der Waals surface area contributed by atoms with Crippen molar-refractivity contribution in [3.63, 3.8) is 0 Å². The van der Waals surface area contributed by atoms with Gasteiger partial charge in [0.05, 0.1) is 0 Å². The standard InChI is InChI=1S/C20H29N3O2S/c24-19(16-4-2-1-3-5-16)23-11-6-17(7-12-23)22-13-8-18(9-14-22)25-20-21-10-15-26-20/h1-2,10,15-18H,3-9,11-14H2. The predicted molar refractivity (Wildman–Crippen MR) is 103 cm³/mol. The molecule has 4 rings (SSSR count). The second-order valence-corrected chi connectivity index (χ2v) is 8.55. The highest BCUT2D eigenvalue weighted by atomic mass is 32.1. The van der Waals surface area contributed by atoms with Gasteiger partial charge in [-0.1, -0.05) is 23.5 Å². The van der Waals surface area contributed by atoms with E-state index in [1.54, 1.807) is 17.5 Å². The Labute approximate surface area is 160 Å². The third-order valence-corrected chi connectivity index (χ3v) is 6.73. The van der Waals surface area contributed by atoms with Crippen LogP contribution in [0.5, 0.6) is 5.19 Å². The van der Waals surface area contributed by atoms with Crippen LogP contribution in [0.3, 0.4) is 0 Å². The summed E-state index contributed by atoms with van der Waals surface area (Å²) in [6.45, 7) is 4.06. The molecule has 0 aromatic carbocycles. The summed E-state index contributed by atoms with van der Waals surface area (Å²) < 4.78 is 5.97. The Hall–Kier alpha value is -1.40. The zero-order valence-electron chi connectivity index (χ0n) is 15.4. The molecule has 2 saturated heterocycles. The molecule has 2 fully saturated rings. The SMILES string of the molecule is O=C(C1CC=CCC1)N1CCC(N2CCC(Oc3nccs3)CC2)CC1. The first-order valence-corrected chi connectivity index (χ1v) is 10.9. The van der Waals surface area contributed by atoms with E-state index in [0.29, 0.717) is 18.1 Å². The van der Waals surface area contributed by atoms with Crippen LogP contribution in [-0.4, -0.2) is 59.0 Å². The van der Waals surface area contributed by atoms with Crippen molar-refractivity contribution >= 4 is 17.2 Å². The third kappa shape index (κ3) is 4.29. The summed E-state index contributed by atoms with van der Waals surface area (Å²) in [7, 11) is 0. The van der Waals surface area contributed by atoms with Gasteiger partial charge in [-0.15, -0.1) is 0 Å². The predicted octanol–water partition coefficient (Wildman–Crippen LogP) is 3.33. The highest BCUT2D eigenvalue weighted by Crippen LogP contribution is 2.27. The van der Waals surface area contributed by atoms with Crippen LogP contribution in [0.25, 0.3) is 0 Å². The molecule has 5 nitrogen and oxygen atoms in total. The lowest BCUT2D eigenvalue weighted by Crippen LogP contribution is -2.51. The molecular formula is C20H29N3O2S. The molecule has 3 heterocycles. The molecule has 142 valence electrons. The van der Waals surface area contributed by atoms with Crippen LogP contribution < -0.4 is 4.74 Å². The Balaban J connectivity index is 1.20. The smallest absolute Gasteiger partial charge is 0.273 e. The van der Waals surface area contributed by atoms with Crippen LogP contribution in [0.2, 0.25) is 0 Å². The number of ether oxygens (including phenoxy) is 1. The number of nitrogens with zero attached hydrogens (tertiary/aromatic N) is 3. The van der Waals surface area contributed by atoms with E-state index in [1.807, 2.05) is 5.38 Å². The van der Waals surface area contributed by atoms with Crippen LogP contribution in [0, 0.1) is 5.92 Å². The molecule has 1 aromatic rings. The number of amides is 1. The van der Waals surface area contributed by atoms with E-state index in [0.717, 1.165) is 76.3 Å². The van der Waals surface area contributed by atoms with Crippen molar-refractivity contribution in [1.82, 2.24) is 14.8 Å². The van der Waals surface area contributed by atoms with Crippen molar-refractivity contribution < 1.29 is 9.53 Å². The van der Waals surface area contributed by atoms with Gasteiger partial charge in [-0.05, 0) is 44.9 Å². The summed E-state index contributed by atoms with van der Waals surface area (Å²) >= 11 is 1.57. The molecule has 0 spiro atoms. The molecule has 1 aromatic heterocycles. The number of carbonyl (C=O) groups excluding carboxylic acids is 1. The number of aromatic nitrogens is 1. The van der Waals surface area contributed by atoms with Crippen LogP contribution in [0.4, 0.5) is 0 Å². The number of rotatable bonds is 4. The number of allylic oxidation sites excluding steroid dienone is 2. The van der Waals surface area contributed by atoms with Crippen molar-refractivity contribution in [2.24, 2.45) is 5.92 Å². The second-order valence-electron chi connectivity index (χ2n) is 7.69. The molecule has 3 aliphatic rings. The Morgan fingerprint density at radius 1 is 1.08 bits per heavy atom. The van der Waals surface area contributed by atoms with Gasteiger partial charge < -0.3 is 9.64 Å². The summed E-state index contributed by atoms with van der Waals surface area (Å²) in [4.78, 5) is 21.7. The zero-order chi connectivity index (χ0) is 17.8. The van der Waals surface area contributed by atoms with E-state index in [2.05, 4.69) is 26.9 Å². The van der Waals surface area contributed by atoms with E-state index in [9.17, 15) is 4.79 Å². The van der Waals surface area contributed by atoms with E-state index in [4.69, 9.17) is 4.74 Å². The van der Waals surface area contributed by atoms with Gasteiger partial charge in [0.15, 0.2) is 0 Å². The molecular weight excluding hydrogens is 346 g/mol.